The quantitative estimate of drug-likeness (QED) is 0.214. The molecule has 0 fully saturated rings. The van der Waals surface area contributed by atoms with Gasteiger partial charge >= 0.3 is 0 Å². The van der Waals surface area contributed by atoms with Crippen LogP contribution >= 0.6 is 0 Å². The molecule has 9 rings (SSSR count). The molecule has 206 valence electrons. The van der Waals surface area contributed by atoms with Crippen molar-refractivity contribution in [2.75, 3.05) is 0 Å². The van der Waals surface area contributed by atoms with Gasteiger partial charge in [-0.25, -0.2) is 9.97 Å². The van der Waals surface area contributed by atoms with E-state index in [1.54, 1.807) is 0 Å². The molecule has 4 heteroatoms. The van der Waals surface area contributed by atoms with E-state index in [1.807, 2.05) is 48.5 Å². The molecule has 0 amide bonds. The van der Waals surface area contributed by atoms with Crippen molar-refractivity contribution in [1.29, 1.82) is 0 Å². The summed E-state index contributed by atoms with van der Waals surface area (Å²) in [4.78, 5) is 10.3. The first kappa shape index (κ1) is 24.6. The van der Waals surface area contributed by atoms with Crippen molar-refractivity contribution in [1.82, 2.24) is 14.5 Å². The number of nitrogens with zero attached hydrogens (tertiary/aromatic N) is 3. The first-order valence-corrected chi connectivity index (χ1v) is 14.8. The minimum Gasteiger partial charge on any atom is -0.456 e. The molecule has 3 heterocycles. The summed E-state index contributed by atoms with van der Waals surface area (Å²) in [7, 11) is 0. The van der Waals surface area contributed by atoms with E-state index in [0.717, 1.165) is 77.4 Å². The summed E-state index contributed by atoms with van der Waals surface area (Å²) in [6.07, 6.45) is 0. The number of hydrogen-bond acceptors (Lipinski definition) is 3. The van der Waals surface area contributed by atoms with Crippen molar-refractivity contribution in [2.24, 2.45) is 0 Å². The lowest BCUT2D eigenvalue weighted by atomic mass is 10.0. The average molecular weight is 564 g/mol. The summed E-state index contributed by atoms with van der Waals surface area (Å²) in [6.45, 7) is 0. The van der Waals surface area contributed by atoms with Crippen LogP contribution in [0.1, 0.15) is 0 Å². The molecular weight excluding hydrogens is 538 g/mol. The predicted molar refractivity (Wildman–Crippen MR) is 180 cm³/mol. The minimum atomic E-state index is 0.649. The molecule has 3 aromatic heterocycles. The lowest BCUT2D eigenvalue weighted by Crippen LogP contribution is -2.03. The molecule has 4 nitrogen and oxygen atoms in total. The Bertz CT molecular complexity index is 2430. The smallest absolute Gasteiger partial charge is 0.235 e. The number of benzene rings is 6. The van der Waals surface area contributed by atoms with Crippen molar-refractivity contribution in [2.45, 2.75) is 0 Å². The van der Waals surface area contributed by atoms with Crippen LogP contribution in [0.15, 0.2) is 156 Å². The first-order valence-electron chi connectivity index (χ1n) is 14.8. The standard InChI is InChI=1S/C40H25N3O/c1-3-11-26(12-4-1)34-25-35(27-13-5-2-6-14-27)42-40(41-34)43-36-17-9-7-15-30(36)32-23-28(19-21-37(32)43)29-20-22-39-33(24-29)31-16-8-10-18-38(31)44-39/h1-25H. The molecule has 9 aromatic rings. The number of rotatable bonds is 4. The second kappa shape index (κ2) is 9.79. The van der Waals surface area contributed by atoms with Crippen LogP contribution in [0, 0.1) is 0 Å². The van der Waals surface area contributed by atoms with Crippen LogP contribution in [0.3, 0.4) is 0 Å². The van der Waals surface area contributed by atoms with Gasteiger partial charge in [0.25, 0.3) is 0 Å². The molecular formula is C40H25N3O. The van der Waals surface area contributed by atoms with Crippen molar-refractivity contribution in [3.05, 3.63) is 152 Å². The summed E-state index contributed by atoms with van der Waals surface area (Å²) in [6, 6.07) is 52.6. The lowest BCUT2D eigenvalue weighted by molar-refractivity contribution is 0.669. The van der Waals surface area contributed by atoms with Gasteiger partial charge in [0, 0.05) is 32.7 Å². The maximum atomic E-state index is 6.09. The third-order valence-corrected chi connectivity index (χ3v) is 8.44. The van der Waals surface area contributed by atoms with E-state index in [9.17, 15) is 0 Å². The highest BCUT2D eigenvalue weighted by Gasteiger charge is 2.18. The number of para-hydroxylation sites is 2. The Balaban J connectivity index is 1.27. The van der Waals surface area contributed by atoms with Gasteiger partial charge in [-0.2, -0.15) is 0 Å². The molecule has 0 N–H and O–H groups in total. The van der Waals surface area contributed by atoms with Crippen molar-refractivity contribution in [3.63, 3.8) is 0 Å². The van der Waals surface area contributed by atoms with Crippen LogP contribution in [0.4, 0.5) is 0 Å². The van der Waals surface area contributed by atoms with E-state index in [0.29, 0.717) is 5.95 Å². The summed E-state index contributed by atoms with van der Waals surface area (Å²) < 4.78 is 8.28. The second-order valence-corrected chi connectivity index (χ2v) is 11.1. The van der Waals surface area contributed by atoms with E-state index in [-0.39, 0.29) is 0 Å². The van der Waals surface area contributed by atoms with Gasteiger partial charge in [-0.05, 0) is 53.6 Å². The highest BCUT2D eigenvalue weighted by atomic mass is 16.3. The van der Waals surface area contributed by atoms with E-state index in [2.05, 4.69) is 108 Å². The maximum Gasteiger partial charge on any atom is 0.235 e. The fourth-order valence-corrected chi connectivity index (χ4v) is 6.32. The highest BCUT2D eigenvalue weighted by molar-refractivity contribution is 6.11. The monoisotopic (exact) mass is 563 g/mol. The minimum absolute atomic E-state index is 0.649. The molecule has 0 spiro atoms. The van der Waals surface area contributed by atoms with Gasteiger partial charge in [0.15, 0.2) is 0 Å². The van der Waals surface area contributed by atoms with E-state index >= 15 is 0 Å². The van der Waals surface area contributed by atoms with E-state index in [4.69, 9.17) is 14.4 Å². The molecule has 0 saturated carbocycles. The second-order valence-electron chi connectivity index (χ2n) is 11.1. The molecule has 0 bridgehead atoms. The Labute approximate surface area is 253 Å². The lowest BCUT2D eigenvalue weighted by Gasteiger charge is -2.12. The number of hydrogen-bond donors (Lipinski definition) is 0. The molecule has 0 unspecified atom stereocenters. The summed E-state index contributed by atoms with van der Waals surface area (Å²) in [5, 5.41) is 4.58. The van der Waals surface area contributed by atoms with Gasteiger partial charge in [0.2, 0.25) is 5.95 Å². The fraction of sp³-hybridized carbons (Fsp3) is 0. The zero-order valence-corrected chi connectivity index (χ0v) is 23.7. The van der Waals surface area contributed by atoms with Crippen molar-refractivity contribution >= 4 is 43.7 Å². The molecule has 0 aliphatic heterocycles. The normalized spacial score (nSPS) is 11.6. The van der Waals surface area contributed by atoms with E-state index in [1.165, 1.54) is 0 Å². The van der Waals surface area contributed by atoms with Gasteiger partial charge < -0.3 is 4.42 Å². The molecule has 0 atom stereocenters. The van der Waals surface area contributed by atoms with Crippen molar-refractivity contribution < 1.29 is 4.42 Å². The molecule has 0 aliphatic carbocycles. The first-order chi connectivity index (χ1) is 21.8. The van der Waals surface area contributed by atoms with Crippen LogP contribution in [0.5, 0.6) is 0 Å². The third-order valence-electron chi connectivity index (χ3n) is 8.44. The van der Waals surface area contributed by atoms with E-state index < -0.39 is 0 Å². The molecule has 0 radical (unpaired) electrons. The van der Waals surface area contributed by atoms with Crippen LogP contribution < -0.4 is 0 Å². The third kappa shape index (κ3) is 3.92. The average Bonchev–Trinajstić information content (AvgIpc) is 3.64. The van der Waals surface area contributed by atoms with Crippen LogP contribution in [-0.2, 0) is 0 Å². The Kier molecular flexibility index (Phi) is 5.47. The Morgan fingerprint density at radius 2 is 0.932 bits per heavy atom. The van der Waals surface area contributed by atoms with Gasteiger partial charge in [-0.3, -0.25) is 4.57 Å². The fourth-order valence-electron chi connectivity index (χ4n) is 6.32. The van der Waals surface area contributed by atoms with Crippen molar-refractivity contribution in [3.8, 4) is 39.6 Å². The zero-order valence-electron chi connectivity index (χ0n) is 23.7. The Hall–Kier alpha value is -6.00. The maximum absolute atomic E-state index is 6.09. The summed E-state index contributed by atoms with van der Waals surface area (Å²) in [5.74, 6) is 0.649. The topological polar surface area (TPSA) is 43.9 Å². The highest BCUT2D eigenvalue weighted by Crippen LogP contribution is 2.37. The van der Waals surface area contributed by atoms with Gasteiger partial charge in [-0.15, -0.1) is 0 Å². The molecule has 44 heavy (non-hydrogen) atoms. The molecule has 0 saturated heterocycles. The largest absolute Gasteiger partial charge is 0.456 e. The molecule has 6 aromatic carbocycles. The van der Waals surface area contributed by atoms with Gasteiger partial charge in [-0.1, -0.05) is 109 Å². The van der Waals surface area contributed by atoms with Crippen LogP contribution in [0.25, 0.3) is 83.3 Å². The van der Waals surface area contributed by atoms with Crippen LogP contribution in [-0.4, -0.2) is 14.5 Å². The SMILES string of the molecule is c1ccc(-c2cc(-c3ccccc3)nc(-n3c4ccccc4c4cc(-c5ccc6oc7ccccc7c6c5)ccc43)n2)cc1. The number of aromatic nitrogens is 3. The Morgan fingerprint density at radius 3 is 1.66 bits per heavy atom. The zero-order chi connectivity index (χ0) is 29.0. The summed E-state index contributed by atoms with van der Waals surface area (Å²) >= 11 is 0. The van der Waals surface area contributed by atoms with Gasteiger partial charge in [0.05, 0.1) is 22.4 Å². The Morgan fingerprint density at radius 1 is 0.386 bits per heavy atom. The number of fused-ring (bicyclic) bond motifs is 6. The number of furan rings is 1. The van der Waals surface area contributed by atoms with Gasteiger partial charge in [0.1, 0.15) is 11.2 Å². The summed E-state index contributed by atoms with van der Waals surface area (Å²) in [5.41, 5.74) is 10.1. The molecule has 0 aliphatic rings. The van der Waals surface area contributed by atoms with Crippen LogP contribution in [0.2, 0.25) is 0 Å². The predicted octanol–water partition coefficient (Wildman–Crippen LogP) is 10.5.